The normalized spacial score (nSPS) is 11.2. The zero-order valence-electron chi connectivity index (χ0n) is 12.7. The molecule has 7 heteroatoms. The third-order valence-electron chi connectivity index (χ3n) is 3.30. The Labute approximate surface area is 136 Å². The molecule has 0 fully saturated rings. The third-order valence-corrected chi connectivity index (χ3v) is 3.30. The lowest BCUT2D eigenvalue weighted by atomic mass is 10.2. The van der Waals surface area contributed by atoms with Crippen molar-refractivity contribution in [1.82, 2.24) is 5.32 Å². The zero-order chi connectivity index (χ0) is 17.6. The molecule has 0 aliphatic heterocycles. The van der Waals surface area contributed by atoms with E-state index >= 15 is 0 Å². The number of carbonyl (C=O) groups excluding carboxylic acids is 1. The lowest BCUT2D eigenvalue weighted by Crippen LogP contribution is -2.24. The molecule has 0 unspecified atom stereocenters. The van der Waals surface area contributed by atoms with Crippen LogP contribution in [0.5, 0.6) is 0 Å². The maximum atomic E-state index is 12.7. The van der Waals surface area contributed by atoms with Gasteiger partial charge in [-0.15, -0.1) is 0 Å². The van der Waals surface area contributed by atoms with Crippen molar-refractivity contribution in [3.63, 3.8) is 0 Å². The van der Waals surface area contributed by atoms with Crippen LogP contribution in [0.1, 0.15) is 17.5 Å². The largest absolute Gasteiger partial charge is 0.416 e. The van der Waals surface area contributed by atoms with Gasteiger partial charge in [0.15, 0.2) is 0 Å². The molecule has 1 amide bonds. The minimum atomic E-state index is -4.36. The van der Waals surface area contributed by atoms with Gasteiger partial charge in [-0.1, -0.05) is 12.1 Å². The summed E-state index contributed by atoms with van der Waals surface area (Å²) < 4.78 is 50.0. The Morgan fingerprint density at radius 3 is 2.17 bits per heavy atom. The number of amides is 1. The quantitative estimate of drug-likeness (QED) is 0.782. The molecular formula is C17H16F4N2O. The number of carbonyl (C=O) groups is 1. The summed E-state index contributed by atoms with van der Waals surface area (Å²) in [5.41, 5.74) is 0.569. The minimum Gasteiger partial charge on any atom is -0.385 e. The SMILES string of the molecule is O=C(CCNc1ccc(C(F)(F)F)cc1)NCc1ccc(F)cc1. The van der Waals surface area contributed by atoms with Gasteiger partial charge in [0.25, 0.3) is 0 Å². The van der Waals surface area contributed by atoms with Crippen molar-refractivity contribution in [1.29, 1.82) is 0 Å². The molecule has 0 aliphatic rings. The molecule has 128 valence electrons. The van der Waals surface area contributed by atoms with Gasteiger partial charge in [-0.3, -0.25) is 4.79 Å². The van der Waals surface area contributed by atoms with Crippen molar-refractivity contribution in [2.75, 3.05) is 11.9 Å². The molecule has 0 saturated carbocycles. The van der Waals surface area contributed by atoms with Crippen LogP contribution in [0, 0.1) is 5.82 Å². The number of rotatable bonds is 6. The highest BCUT2D eigenvalue weighted by Gasteiger charge is 2.29. The van der Waals surface area contributed by atoms with E-state index in [9.17, 15) is 22.4 Å². The highest BCUT2D eigenvalue weighted by molar-refractivity contribution is 5.76. The summed E-state index contributed by atoms with van der Waals surface area (Å²) in [7, 11) is 0. The summed E-state index contributed by atoms with van der Waals surface area (Å²) in [5.74, 6) is -0.551. The second kappa shape index (κ2) is 7.81. The van der Waals surface area contributed by atoms with Crippen LogP contribution in [0.3, 0.4) is 0 Å². The predicted molar refractivity (Wildman–Crippen MR) is 82.8 cm³/mol. The molecule has 2 aromatic carbocycles. The summed E-state index contributed by atoms with van der Waals surface area (Å²) in [4.78, 5) is 11.7. The van der Waals surface area contributed by atoms with Crippen molar-refractivity contribution in [3.8, 4) is 0 Å². The highest BCUT2D eigenvalue weighted by atomic mass is 19.4. The zero-order valence-corrected chi connectivity index (χ0v) is 12.7. The van der Waals surface area contributed by atoms with Gasteiger partial charge in [-0.25, -0.2) is 4.39 Å². The number of hydrogen-bond acceptors (Lipinski definition) is 2. The fourth-order valence-corrected chi connectivity index (χ4v) is 1.99. The van der Waals surface area contributed by atoms with Crippen LogP contribution in [-0.4, -0.2) is 12.5 Å². The van der Waals surface area contributed by atoms with Gasteiger partial charge in [0.1, 0.15) is 5.82 Å². The van der Waals surface area contributed by atoms with E-state index in [2.05, 4.69) is 10.6 Å². The average molecular weight is 340 g/mol. The summed E-state index contributed by atoms with van der Waals surface area (Å²) in [6.45, 7) is 0.583. The van der Waals surface area contributed by atoms with Gasteiger partial charge in [0.2, 0.25) is 5.91 Å². The second-order valence-corrected chi connectivity index (χ2v) is 5.16. The first kappa shape index (κ1) is 17.8. The van der Waals surface area contributed by atoms with E-state index in [0.29, 0.717) is 18.8 Å². The van der Waals surface area contributed by atoms with E-state index in [-0.39, 0.29) is 18.1 Å². The molecule has 2 aromatic rings. The number of benzene rings is 2. The fourth-order valence-electron chi connectivity index (χ4n) is 1.99. The maximum Gasteiger partial charge on any atom is 0.416 e. The molecule has 0 saturated heterocycles. The predicted octanol–water partition coefficient (Wildman–Crippen LogP) is 3.96. The maximum absolute atomic E-state index is 12.7. The van der Waals surface area contributed by atoms with E-state index < -0.39 is 11.7 Å². The van der Waals surface area contributed by atoms with Gasteiger partial charge >= 0.3 is 6.18 Å². The fraction of sp³-hybridized carbons (Fsp3) is 0.235. The molecule has 0 aliphatic carbocycles. The number of anilines is 1. The Kier molecular flexibility index (Phi) is 5.78. The Hall–Kier alpha value is -2.57. The van der Waals surface area contributed by atoms with Crippen molar-refractivity contribution in [2.24, 2.45) is 0 Å². The molecule has 24 heavy (non-hydrogen) atoms. The average Bonchev–Trinajstić information content (AvgIpc) is 2.54. The summed E-state index contributed by atoms with van der Waals surface area (Å²) in [6, 6.07) is 10.4. The van der Waals surface area contributed by atoms with Crippen LogP contribution >= 0.6 is 0 Å². The van der Waals surface area contributed by atoms with Crippen molar-refractivity contribution < 1.29 is 22.4 Å². The standard InChI is InChI=1S/C17H16F4N2O/c18-14-5-1-12(2-6-14)11-23-16(24)9-10-22-15-7-3-13(4-8-15)17(19,20)21/h1-8,22H,9-11H2,(H,23,24). The van der Waals surface area contributed by atoms with Gasteiger partial charge < -0.3 is 10.6 Å². The highest BCUT2D eigenvalue weighted by Crippen LogP contribution is 2.29. The summed E-state index contributed by atoms with van der Waals surface area (Å²) >= 11 is 0. The van der Waals surface area contributed by atoms with Crippen LogP contribution in [-0.2, 0) is 17.5 Å². The molecule has 3 nitrogen and oxygen atoms in total. The molecule has 2 rings (SSSR count). The first-order valence-corrected chi connectivity index (χ1v) is 7.27. The van der Waals surface area contributed by atoms with E-state index in [1.54, 1.807) is 12.1 Å². The molecular weight excluding hydrogens is 324 g/mol. The van der Waals surface area contributed by atoms with E-state index in [4.69, 9.17) is 0 Å². The topological polar surface area (TPSA) is 41.1 Å². The van der Waals surface area contributed by atoms with Gasteiger partial charge in [-0.05, 0) is 42.0 Å². The molecule has 2 N–H and O–H groups in total. The van der Waals surface area contributed by atoms with E-state index in [0.717, 1.165) is 17.7 Å². The Balaban J connectivity index is 1.71. The van der Waals surface area contributed by atoms with Crippen LogP contribution in [0.15, 0.2) is 48.5 Å². The van der Waals surface area contributed by atoms with Gasteiger partial charge in [0, 0.05) is 25.2 Å². The van der Waals surface area contributed by atoms with Gasteiger partial charge in [0.05, 0.1) is 5.56 Å². The van der Waals surface area contributed by atoms with Crippen molar-refractivity contribution >= 4 is 11.6 Å². The monoisotopic (exact) mass is 340 g/mol. The van der Waals surface area contributed by atoms with Crippen LogP contribution in [0.4, 0.5) is 23.2 Å². The Morgan fingerprint density at radius 2 is 1.58 bits per heavy atom. The Bertz CT molecular complexity index is 666. The first-order valence-electron chi connectivity index (χ1n) is 7.27. The molecule has 0 aromatic heterocycles. The van der Waals surface area contributed by atoms with Crippen LogP contribution in [0.25, 0.3) is 0 Å². The number of nitrogens with one attached hydrogen (secondary N) is 2. The first-order chi connectivity index (χ1) is 11.3. The van der Waals surface area contributed by atoms with E-state index in [1.165, 1.54) is 24.3 Å². The van der Waals surface area contributed by atoms with Crippen LogP contribution < -0.4 is 10.6 Å². The Morgan fingerprint density at radius 1 is 0.958 bits per heavy atom. The molecule has 0 heterocycles. The lowest BCUT2D eigenvalue weighted by molar-refractivity contribution is -0.137. The number of hydrogen-bond donors (Lipinski definition) is 2. The summed E-state index contributed by atoms with van der Waals surface area (Å²) in [6.07, 6.45) is -4.19. The molecule has 0 bridgehead atoms. The minimum absolute atomic E-state index is 0.169. The lowest BCUT2D eigenvalue weighted by Gasteiger charge is -2.10. The summed E-state index contributed by atoms with van der Waals surface area (Å²) in [5, 5.41) is 5.57. The van der Waals surface area contributed by atoms with Crippen LogP contribution in [0.2, 0.25) is 0 Å². The molecule has 0 radical (unpaired) electrons. The van der Waals surface area contributed by atoms with Crippen molar-refractivity contribution in [3.05, 3.63) is 65.5 Å². The molecule has 0 spiro atoms. The smallest absolute Gasteiger partial charge is 0.385 e. The van der Waals surface area contributed by atoms with Crippen molar-refractivity contribution in [2.45, 2.75) is 19.1 Å². The molecule has 0 atom stereocenters. The number of alkyl halides is 3. The second-order valence-electron chi connectivity index (χ2n) is 5.16. The number of halogens is 4. The van der Waals surface area contributed by atoms with Gasteiger partial charge in [-0.2, -0.15) is 13.2 Å². The third kappa shape index (κ3) is 5.57. The van der Waals surface area contributed by atoms with E-state index in [1.807, 2.05) is 0 Å².